The lowest BCUT2D eigenvalue weighted by Gasteiger charge is -2.37. The molecule has 0 bridgehead atoms. The molecule has 1 atom stereocenters. The van der Waals surface area contributed by atoms with Crippen LogP contribution in [0.4, 0.5) is 0 Å². The number of likely N-dealkylation sites (N-methyl/N-ethyl adjacent to an activating group) is 1. The Morgan fingerprint density at radius 1 is 1.29 bits per heavy atom. The van der Waals surface area contributed by atoms with Gasteiger partial charge in [-0.05, 0) is 55.2 Å². The van der Waals surface area contributed by atoms with Crippen molar-refractivity contribution in [2.75, 3.05) is 7.05 Å². The lowest BCUT2D eigenvalue weighted by molar-refractivity contribution is -0.0195. The topological polar surface area (TPSA) is 83.6 Å². The van der Waals surface area contributed by atoms with Crippen molar-refractivity contribution in [2.24, 2.45) is 5.14 Å². The van der Waals surface area contributed by atoms with Gasteiger partial charge >= 0.3 is 0 Å². The Bertz CT molecular complexity index is 746. The van der Waals surface area contributed by atoms with E-state index in [1.807, 2.05) is 19.2 Å². The molecule has 6 heteroatoms. The van der Waals surface area contributed by atoms with Crippen LogP contribution in [-0.2, 0) is 10.0 Å². The van der Waals surface area contributed by atoms with Crippen LogP contribution in [0.25, 0.3) is 5.57 Å². The van der Waals surface area contributed by atoms with Crippen molar-refractivity contribution in [3.05, 3.63) is 47.2 Å². The molecule has 0 radical (unpaired) electrons. The zero-order chi connectivity index (χ0) is 16.0. The summed E-state index contributed by atoms with van der Waals surface area (Å²) >= 11 is 0. The van der Waals surface area contributed by atoms with E-state index in [1.54, 1.807) is 37.9 Å². The first kappa shape index (κ1) is 15.8. The van der Waals surface area contributed by atoms with Gasteiger partial charge in [0.25, 0.3) is 0 Å². The van der Waals surface area contributed by atoms with Gasteiger partial charge in [-0.3, -0.25) is 0 Å². The van der Waals surface area contributed by atoms with Gasteiger partial charge in [-0.25, -0.2) is 13.6 Å². The van der Waals surface area contributed by atoms with Crippen LogP contribution >= 0.6 is 0 Å². The molecule has 3 N–H and O–H groups in total. The minimum Gasteiger partial charge on any atom is -0.367 e. The summed E-state index contributed by atoms with van der Waals surface area (Å²) in [7, 11) is -1.91. The van der Waals surface area contributed by atoms with Gasteiger partial charge < -0.3 is 10.0 Å². The van der Waals surface area contributed by atoms with Crippen LogP contribution in [0.3, 0.4) is 0 Å². The van der Waals surface area contributed by atoms with E-state index in [1.165, 1.54) is 6.07 Å². The molecule has 1 aliphatic heterocycles. The van der Waals surface area contributed by atoms with Crippen molar-refractivity contribution >= 4 is 15.6 Å². The highest BCUT2D eigenvalue weighted by Gasteiger charge is 2.29. The van der Waals surface area contributed by atoms with Crippen molar-refractivity contribution in [2.45, 2.75) is 31.4 Å². The second-order valence-electron chi connectivity index (χ2n) is 5.57. The number of hydrogen-bond donors (Lipinski definition) is 2. The number of allylic oxidation sites excluding steroid dienone is 2. The summed E-state index contributed by atoms with van der Waals surface area (Å²) in [6.07, 6.45) is 3.73. The third-order valence-electron chi connectivity index (χ3n) is 3.95. The SMILES string of the molecule is CC1=CC(c2ccc(S(N)(=O)=O)c(C)c2)=CN(C)C1(C)O. The maximum atomic E-state index is 11.4. The molecule has 1 aromatic rings. The molecule has 0 fully saturated rings. The molecular formula is C15H20N2O3S. The van der Waals surface area contributed by atoms with E-state index >= 15 is 0 Å². The molecular weight excluding hydrogens is 288 g/mol. The number of hydrogen-bond acceptors (Lipinski definition) is 4. The number of nitrogens with zero attached hydrogens (tertiary/aromatic N) is 1. The lowest BCUT2D eigenvalue weighted by atomic mass is 9.94. The summed E-state index contributed by atoms with van der Waals surface area (Å²) in [5, 5.41) is 15.5. The molecule has 114 valence electrons. The summed E-state index contributed by atoms with van der Waals surface area (Å²) in [6, 6.07) is 5.01. The van der Waals surface area contributed by atoms with Gasteiger partial charge in [0.15, 0.2) is 5.72 Å². The van der Waals surface area contributed by atoms with E-state index < -0.39 is 15.7 Å². The fraction of sp³-hybridized carbons (Fsp3) is 0.333. The molecule has 2 rings (SSSR count). The monoisotopic (exact) mass is 308 g/mol. The van der Waals surface area contributed by atoms with E-state index in [9.17, 15) is 13.5 Å². The summed E-state index contributed by atoms with van der Waals surface area (Å²) in [4.78, 5) is 1.85. The minimum atomic E-state index is -3.71. The molecule has 0 aromatic heterocycles. The summed E-state index contributed by atoms with van der Waals surface area (Å²) < 4.78 is 22.9. The molecule has 1 unspecified atom stereocenters. The molecule has 0 saturated heterocycles. The maximum absolute atomic E-state index is 11.4. The Hall–Kier alpha value is -1.63. The van der Waals surface area contributed by atoms with Crippen molar-refractivity contribution in [3.63, 3.8) is 0 Å². The molecule has 0 amide bonds. The van der Waals surface area contributed by atoms with Crippen LogP contribution in [0.5, 0.6) is 0 Å². The van der Waals surface area contributed by atoms with Gasteiger partial charge in [-0.15, -0.1) is 0 Å². The summed E-state index contributed by atoms with van der Waals surface area (Å²) in [6.45, 7) is 5.29. The lowest BCUT2D eigenvalue weighted by Crippen LogP contribution is -2.43. The first-order valence-corrected chi connectivity index (χ1v) is 8.08. The number of rotatable bonds is 2. The zero-order valence-corrected chi connectivity index (χ0v) is 13.4. The van der Waals surface area contributed by atoms with E-state index in [4.69, 9.17) is 5.14 Å². The van der Waals surface area contributed by atoms with Crippen LogP contribution in [0.1, 0.15) is 25.0 Å². The van der Waals surface area contributed by atoms with Crippen LogP contribution in [0, 0.1) is 6.92 Å². The normalized spacial score (nSPS) is 22.9. The van der Waals surface area contributed by atoms with Gasteiger partial charge in [0, 0.05) is 13.2 Å². The third kappa shape index (κ3) is 2.88. The van der Waals surface area contributed by atoms with Crippen molar-refractivity contribution in [1.29, 1.82) is 0 Å². The minimum absolute atomic E-state index is 0.128. The van der Waals surface area contributed by atoms with Crippen LogP contribution in [0.2, 0.25) is 0 Å². The predicted molar refractivity (Wildman–Crippen MR) is 82.7 cm³/mol. The smallest absolute Gasteiger partial charge is 0.238 e. The highest BCUT2D eigenvalue weighted by molar-refractivity contribution is 7.89. The van der Waals surface area contributed by atoms with E-state index in [0.717, 1.165) is 16.7 Å². The quantitative estimate of drug-likeness (QED) is 0.869. The number of primary sulfonamides is 1. The zero-order valence-electron chi connectivity index (χ0n) is 12.6. The van der Waals surface area contributed by atoms with E-state index in [2.05, 4.69) is 0 Å². The van der Waals surface area contributed by atoms with E-state index in [-0.39, 0.29) is 4.90 Å². The Morgan fingerprint density at radius 2 is 1.90 bits per heavy atom. The first-order chi connectivity index (χ1) is 9.53. The summed E-state index contributed by atoms with van der Waals surface area (Å²) in [5.74, 6) is 0. The first-order valence-electron chi connectivity index (χ1n) is 6.53. The van der Waals surface area contributed by atoms with Crippen LogP contribution in [-0.4, -0.2) is 31.2 Å². The molecule has 5 nitrogen and oxygen atoms in total. The van der Waals surface area contributed by atoms with Gasteiger partial charge in [0.2, 0.25) is 10.0 Å². The average Bonchev–Trinajstić information content (AvgIpc) is 2.34. The Kier molecular flexibility index (Phi) is 3.73. The van der Waals surface area contributed by atoms with Crippen LogP contribution in [0.15, 0.2) is 40.9 Å². The number of nitrogens with two attached hydrogens (primary N) is 1. The number of benzene rings is 1. The fourth-order valence-corrected chi connectivity index (χ4v) is 3.09. The average molecular weight is 308 g/mol. The predicted octanol–water partition coefficient (Wildman–Crippen LogP) is 1.58. The molecule has 0 aliphatic carbocycles. The standard InChI is InChI=1S/C15H20N2O3S/c1-10-7-12(5-6-14(10)21(16,19)20)13-8-11(2)15(3,18)17(4)9-13/h5-9,18H,1-4H3,(H2,16,19,20). The fourth-order valence-electron chi connectivity index (χ4n) is 2.33. The largest absolute Gasteiger partial charge is 0.367 e. The highest BCUT2D eigenvalue weighted by Crippen LogP contribution is 2.32. The summed E-state index contributed by atoms with van der Waals surface area (Å²) in [5.41, 5.74) is 2.18. The van der Waals surface area contributed by atoms with Crippen molar-refractivity contribution < 1.29 is 13.5 Å². The van der Waals surface area contributed by atoms with Crippen LogP contribution < -0.4 is 5.14 Å². The second kappa shape index (κ2) is 4.98. The van der Waals surface area contributed by atoms with Gasteiger partial charge in [0.05, 0.1) is 4.90 Å². The second-order valence-corrected chi connectivity index (χ2v) is 7.10. The Labute approximate surface area is 125 Å². The van der Waals surface area contributed by atoms with Crippen molar-refractivity contribution in [3.8, 4) is 0 Å². The molecule has 1 aromatic carbocycles. The Morgan fingerprint density at radius 3 is 2.38 bits per heavy atom. The van der Waals surface area contributed by atoms with E-state index in [0.29, 0.717) is 5.56 Å². The van der Waals surface area contributed by atoms with Gasteiger partial charge in [-0.1, -0.05) is 12.1 Å². The van der Waals surface area contributed by atoms with Gasteiger partial charge in [-0.2, -0.15) is 0 Å². The number of aliphatic hydroxyl groups is 1. The van der Waals surface area contributed by atoms with Crippen molar-refractivity contribution in [1.82, 2.24) is 4.90 Å². The molecule has 0 spiro atoms. The number of sulfonamides is 1. The third-order valence-corrected chi connectivity index (χ3v) is 5.02. The molecule has 21 heavy (non-hydrogen) atoms. The Balaban J connectivity index is 2.48. The molecule has 0 saturated carbocycles. The molecule has 1 aliphatic rings. The number of aryl methyl sites for hydroxylation is 1. The highest BCUT2D eigenvalue weighted by atomic mass is 32.2. The maximum Gasteiger partial charge on any atom is 0.238 e. The van der Waals surface area contributed by atoms with Gasteiger partial charge in [0.1, 0.15) is 0 Å². The molecule has 1 heterocycles.